The van der Waals surface area contributed by atoms with Crippen molar-refractivity contribution in [2.45, 2.75) is 32.6 Å². The number of nitrogens with zero attached hydrogens (tertiary/aromatic N) is 1. The van der Waals surface area contributed by atoms with Gasteiger partial charge in [0, 0.05) is 20.1 Å². The topological polar surface area (TPSA) is 61.4 Å². The summed E-state index contributed by atoms with van der Waals surface area (Å²) in [7, 11) is -1.60. The van der Waals surface area contributed by atoms with Gasteiger partial charge in [0.05, 0.1) is 0 Å². The molecule has 0 amide bonds. The Hall–Kier alpha value is -0.170. The third kappa shape index (κ3) is 5.33. The first-order chi connectivity index (χ1) is 8.06. The Kier molecular flexibility index (Phi) is 6.40. The second-order valence-corrected chi connectivity index (χ2v) is 6.57. The van der Waals surface area contributed by atoms with Crippen molar-refractivity contribution in [3.8, 4) is 0 Å². The van der Waals surface area contributed by atoms with Gasteiger partial charge in [0.1, 0.15) is 0 Å². The van der Waals surface area contributed by atoms with Crippen molar-refractivity contribution in [1.29, 1.82) is 0 Å². The number of rotatable bonds is 7. The lowest BCUT2D eigenvalue weighted by molar-refractivity contribution is 0.324. The van der Waals surface area contributed by atoms with E-state index in [1.165, 1.54) is 4.31 Å². The van der Waals surface area contributed by atoms with E-state index in [4.69, 9.17) is 0 Å². The molecule has 0 aromatic rings. The van der Waals surface area contributed by atoms with E-state index in [2.05, 4.69) is 10.0 Å². The van der Waals surface area contributed by atoms with Gasteiger partial charge in [-0.2, -0.15) is 12.7 Å². The molecule has 0 spiro atoms. The van der Waals surface area contributed by atoms with Crippen molar-refractivity contribution in [2.75, 3.05) is 33.2 Å². The fourth-order valence-corrected chi connectivity index (χ4v) is 3.02. The van der Waals surface area contributed by atoms with Gasteiger partial charge in [0.25, 0.3) is 10.2 Å². The van der Waals surface area contributed by atoms with Crippen LogP contribution in [0.15, 0.2) is 0 Å². The van der Waals surface area contributed by atoms with E-state index in [1.807, 2.05) is 6.92 Å². The first kappa shape index (κ1) is 14.9. The van der Waals surface area contributed by atoms with Gasteiger partial charge in [-0.15, -0.1) is 0 Å². The summed E-state index contributed by atoms with van der Waals surface area (Å²) in [6.45, 7) is 5.21. The zero-order valence-corrected chi connectivity index (χ0v) is 11.7. The molecule has 102 valence electrons. The zero-order chi connectivity index (χ0) is 12.7. The second kappa shape index (κ2) is 7.31. The molecule has 1 rings (SSSR count). The molecule has 0 saturated carbocycles. The minimum Gasteiger partial charge on any atom is -0.317 e. The monoisotopic (exact) mass is 263 g/mol. The summed E-state index contributed by atoms with van der Waals surface area (Å²) in [5.74, 6) is 0.667. The molecule has 1 fully saturated rings. The molecule has 1 saturated heterocycles. The summed E-state index contributed by atoms with van der Waals surface area (Å²) in [5.41, 5.74) is 0. The normalized spacial score (nSPS) is 18.8. The molecule has 1 aliphatic rings. The van der Waals surface area contributed by atoms with Gasteiger partial charge in [-0.25, -0.2) is 4.72 Å². The lowest BCUT2D eigenvalue weighted by Gasteiger charge is -2.25. The minimum atomic E-state index is -3.26. The van der Waals surface area contributed by atoms with Crippen LogP contribution in [0.1, 0.15) is 32.6 Å². The standard InChI is InChI=1S/C11H25N3O2S/c1-3-7-13-17(15,16)14(2)10-6-11-4-8-12-9-5-11/h11-13H,3-10H2,1-2H3. The Morgan fingerprint density at radius 2 is 2.00 bits per heavy atom. The maximum atomic E-state index is 11.8. The largest absolute Gasteiger partial charge is 0.317 e. The summed E-state index contributed by atoms with van der Waals surface area (Å²) < 4.78 is 27.5. The average Bonchev–Trinajstić information content (AvgIpc) is 2.34. The maximum Gasteiger partial charge on any atom is 0.279 e. The Labute approximate surface area is 105 Å². The van der Waals surface area contributed by atoms with Gasteiger partial charge in [-0.05, 0) is 44.7 Å². The molecule has 6 heteroatoms. The molecule has 0 aromatic heterocycles. The highest BCUT2D eigenvalue weighted by Gasteiger charge is 2.19. The van der Waals surface area contributed by atoms with E-state index in [-0.39, 0.29) is 0 Å². The number of hydrogen-bond donors (Lipinski definition) is 2. The average molecular weight is 263 g/mol. The molecule has 0 bridgehead atoms. The van der Waals surface area contributed by atoms with Crippen LogP contribution < -0.4 is 10.0 Å². The smallest absolute Gasteiger partial charge is 0.279 e. The van der Waals surface area contributed by atoms with Crippen molar-refractivity contribution >= 4 is 10.2 Å². The number of piperidine rings is 1. The molecule has 0 aliphatic carbocycles. The third-order valence-corrected chi connectivity index (χ3v) is 4.83. The molecule has 0 radical (unpaired) electrons. The van der Waals surface area contributed by atoms with Crippen molar-refractivity contribution in [3.63, 3.8) is 0 Å². The molecule has 0 unspecified atom stereocenters. The first-order valence-electron chi connectivity index (χ1n) is 6.48. The van der Waals surface area contributed by atoms with Crippen molar-refractivity contribution in [3.05, 3.63) is 0 Å². The van der Waals surface area contributed by atoms with Crippen LogP contribution in [0.3, 0.4) is 0 Å². The summed E-state index contributed by atoms with van der Waals surface area (Å²) >= 11 is 0. The lowest BCUT2D eigenvalue weighted by Crippen LogP contribution is -2.40. The van der Waals surface area contributed by atoms with Crippen LogP contribution in [0.5, 0.6) is 0 Å². The predicted molar refractivity (Wildman–Crippen MR) is 70.1 cm³/mol. The van der Waals surface area contributed by atoms with Gasteiger partial charge < -0.3 is 5.32 Å². The summed E-state index contributed by atoms with van der Waals surface area (Å²) in [6, 6.07) is 0. The van der Waals surface area contributed by atoms with Crippen LogP contribution in [0.4, 0.5) is 0 Å². The third-order valence-electron chi connectivity index (χ3n) is 3.26. The highest BCUT2D eigenvalue weighted by molar-refractivity contribution is 7.87. The summed E-state index contributed by atoms with van der Waals surface area (Å²) in [5, 5.41) is 3.32. The fourth-order valence-electron chi connectivity index (χ4n) is 2.00. The van der Waals surface area contributed by atoms with Crippen LogP contribution in [-0.4, -0.2) is 45.9 Å². The van der Waals surface area contributed by atoms with Crippen LogP contribution in [-0.2, 0) is 10.2 Å². The predicted octanol–water partition coefficient (Wildman–Crippen LogP) is 0.552. The Bertz CT molecular complexity index is 300. The van der Waals surface area contributed by atoms with E-state index >= 15 is 0 Å². The molecule has 2 N–H and O–H groups in total. The van der Waals surface area contributed by atoms with Crippen LogP contribution in [0.25, 0.3) is 0 Å². The summed E-state index contributed by atoms with van der Waals surface area (Å²) in [6.07, 6.45) is 4.11. The highest BCUT2D eigenvalue weighted by Crippen LogP contribution is 2.16. The fraction of sp³-hybridized carbons (Fsp3) is 1.00. The van der Waals surface area contributed by atoms with E-state index in [0.717, 1.165) is 38.8 Å². The first-order valence-corrected chi connectivity index (χ1v) is 7.92. The molecule has 0 atom stereocenters. The van der Waals surface area contributed by atoms with Crippen LogP contribution in [0, 0.1) is 5.92 Å². The van der Waals surface area contributed by atoms with Crippen LogP contribution in [0.2, 0.25) is 0 Å². The van der Waals surface area contributed by atoms with E-state index in [0.29, 0.717) is 19.0 Å². The van der Waals surface area contributed by atoms with Gasteiger partial charge >= 0.3 is 0 Å². The number of nitrogens with one attached hydrogen (secondary N) is 2. The quantitative estimate of drug-likeness (QED) is 0.705. The van der Waals surface area contributed by atoms with Crippen LogP contribution >= 0.6 is 0 Å². The minimum absolute atomic E-state index is 0.514. The molecule has 17 heavy (non-hydrogen) atoms. The van der Waals surface area contributed by atoms with Crippen molar-refractivity contribution in [2.24, 2.45) is 5.92 Å². The SMILES string of the molecule is CCCNS(=O)(=O)N(C)CCC1CCNCC1. The van der Waals surface area contributed by atoms with Gasteiger partial charge in [-0.1, -0.05) is 6.92 Å². The molecule has 1 aliphatic heterocycles. The van der Waals surface area contributed by atoms with Crippen molar-refractivity contribution in [1.82, 2.24) is 14.3 Å². The summed E-state index contributed by atoms with van der Waals surface area (Å²) in [4.78, 5) is 0. The molecular formula is C11H25N3O2S. The second-order valence-electron chi connectivity index (χ2n) is 4.70. The Morgan fingerprint density at radius 3 is 2.59 bits per heavy atom. The zero-order valence-electron chi connectivity index (χ0n) is 10.9. The Balaban J connectivity index is 2.29. The van der Waals surface area contributed by atoms with Gasteiger partial charge in [0.15, 0.2) is 0 Å². The van der Waals surface area contributed by atoms with Gasteiger partial charge in [0.2, 0.25) is 0 Å². The molecular weight excluding hydrogens is 238 g/mol. The van der Waals surface area contributed by atoms with Crippen molar-refractivity contribution < 1.29 is 8.42 Å². The lowest BCUT2D eigenvalue weighted by atomic mass is 9.95. The Morgan fingerprint density at radius 1 is 1.35 bits per heavy atom. The maximum absolute atomic E-state index is 11.8. The molecule has 0 aromatic carbocycles. The van der Waals surface area contributed by atoms with Gasteiger partial charge in [-0.3, -0.25) is 0 Å². The highest BCUT2D eigenvalue weighted by atomic mass is 32.2. The van der Waals surface area contributed by atoms with E-state index < -0.39 is 10.2 Å². The van der Waals surface area contributed by atoms with E-state index in [9.17, 15) is 8.42 Å². The molecule has 1 heterocycles. The van der Waals surface area contributed by atoms with E-state index in [1.54, 1.807) is 7.05 Å². The number of hydrogen-bond acceptors (Lipinski definition) is 3. The molecule has 5 nitrogen and oxygen atoms in total.